The van der Waals surface area contributed by atoms with Gasteiger partial charge in [0.1, 0.15) is 5.75 Å². The van der Waals surface area contributed by atoms with Gasteiger partial charge in [0.25, 0.3) is 0 Å². The predicted octanol–water partition coefficient (Wildman–Crippen LogP) is 3.49. The zero-order valence-corrected chi connectivity index (χ0v) is 14.6. The average Bonchev–Trinajstić information content (AvgIpc) is 3.02. The molecule has 2 saturated carbocycles. The van der Waals surface area contributed by atoms with Crippen LogP contribution in [0.1, 0.15) is 42.7 Å². The molecule has 2 fully saturated rings. The first-order valence-corrected chi connectivity index (χ1v) is 9.11. The van der Waals surface area contributed by atoms with E-state index < -0.39 is 0 Å². The molecule has 2 aliphatic rings. The highest BCUT2D eigenvalue weighted by atomic mass is 16.5. The number of ether oxygens (including phenoxy) is 1. The molecule has 24 heavy (non-hydrogen) atoms. The maximum Gasteiger partial charge on any atom is 0.118 e. The molecule has 128 valence electrons. The van der Waals surface area contributed by atoms with Crippen LogP contribution in [-0.2, 0) is 13.6 Å². The van der Waals surface area contributed by atoms with Crippen LogP contribution >= 0.6 is 0 Å². The van der Waals surface area contributed by atoms with E-state index in [1.54, 1.807) is 7.11 Å². The number of nitrogens with one attached hydrogen (secondary N) is 1. The fraction of sp³-hybridized carbons (Fsp3) is 0.550. The first-order chi connectivity index (χ1) is 11.8. The molecule has 2 aromatic rings. The zero-order valence-electron chi connectivity index (χ0n) is 14.6. The Bertz CT molecular complexity index is 678. The molecule has 2 aliphatic carbocycles. The van der Waals surface area contributed by atoms with E-state index in [-0.39, 0.29) is 0 Å². The van der Waals surface area contributed by atoms with Gasteiger partial charge in [-0.2, -0.15) is 5.10 Å². The van der Waals surface area contributed by atoms with Crippen LogP contribution in [0.4, 0.5) is 0 Å². The molecule has 0 amide bonds. The number of aryl methyl sites for hydroxylation is 1. The van der Waals surface area contributed by atoms with Gasteiger partial charge in [-0.1, -0.05) is 25.0 Å². The van der Waals surface area contributed by atoms with Gasteiger partial charge in [-0.25, -0.2) is 0 Å². The van der Waals surface area contributed by atoms with Gasteiger partial charge in [0.05, 0.1) is 13.3 Å². The first-order valence-electron chi connectivity index (χ1n) is 9.11. The monoisotopic (exact) mass is 325 g/mol. The molecule has 2 unspecified atom stereocenters. The summed E-state index contributed by atoms with van der Waals surface area (Å²) >= 11 is 0. The highest BCUT2D eigenvalue weighted by Gasteiger charge is 2.50. The lowest BCUT2D eigenvalue weighted by molar-refractivity contribution is 0.0254. The van der Waals surface area contributed by atoms with Crippen molar-refractivity contribution in [2.24, 2.45) is 18.9 Å². The smallest absolute Gasteiger partial charge is 0.118 e. The fourth-order valence-corrected chi connectivity index (χ4v) is 4.82. The minimum atomic E-state index is 0.587. The summed E-state index contributed by atoms with van der Waals surface area (Å²) in [5.41, 5.74) is 2.73. The van der Waals surface area contributed by atoms with Gasteiger partial charge >= 0.3 is 0 Å². The molecule has 0 radical (unpaired) electrons. The van der Waals surface area contributed by atoms with E-state index in [1.807, 2.05) is 17.9 Å². The lowest BCUT2D eigenvalue weighted by Crippen LogP contribution is -2.57. The van der Waals surface area contributed by atoms with Crippen molar-refractivity contribution in [2.75, 3.05) is 7.11 Å². The van der Waals surface area contributed by atoms with Gasteiger partial charge in [0, 0.05) is 37.3 Å². The summed E-state index contributed by atoms with van der Waals surface area (Å²) in [5.74, 6) is 3.26. The van der Waals surface area contributed by atoms with Crippen molar-refractivity contribution in [1.82, 2.24) is 15.1 Å². The van der Waals surface area contributed by atoms with Crippen LogP contribution in [0.25, 0.3) is 0 Å². The second-order valence-corrected chi connectivity index (χ2v) is 7.34. The summed E-state index contributed by atoms with van der Waals surface area (Å²) in [6, 6.07) is 9.30. The van der Waals surface area contributed by atoms with E-state index in [1.165, 1.54) is 36.8 Å². The Morgan fingerprint density at radius 3 is 2.58 bits per heavy atom. The van der Waals surface area contributed by atoms with Crippen molar-refractivity contribution in [3.8, 4) is 5.75 Å². The number of nitrogens with zero attached hydrogens (tertiary/aromatic N) is 2. The average molecular weight is 325 g/mol. The summed E-state index contributed by atoms with van der Waals surface area (Å²) in [4.78, 5) is 0. The Hall–Kier alpha value is -1.81. The van der Waals surface area contributed by atoms with E-state index >= 15 is 0 Å². The summed E-state index contributed by atoms with van der Waals surface area (Å²) in [5, 5.41) is 8.12. The molecule has 1 aromatic heterocycles. The summed E-state index contributed by atoms with van der Waals surface area (Å²) in [6.45, 7) is 0.911. The number of methoxy groups -OCH3 is 1. The molecule has 0 bridgehead atoms. The molecule has 4 rings (SSSR count). The Balaban J connectivity index is 1.50. The van der Waals surface area contributed by atoms with Gasteiger partial charge in [-0.3, -0.25) is 4.68 Å². The number of fused-ring (bicyclic) bond motifs is 1. The molecule has 4 atom stereocenters. The molecular weight excluding hydrogens is 298 g/mol. The van der Waals surface area contributed by atoms with E-state index in [2.05, 4.69) is 40.9 Å². The lowest BCUT2D eigenvalue weighted by Gasteiger charge is -2.55. The first kappa shape index (κ1) is 15.7. The number of hydrogen-bond acceptors (Lipinski definition) is 3. The number of aromatic nitrogens is 2. The van der Waals surface area contributed by atoms with Crippen molar-refractivity contribution < 1.29 is 4.74 Å². The number of rotatable bonds is 5. The zero-order chi connectivity index (χ0) is 16.5. The Kier molecular flexibility index (Phi) is 4.31. The standard InChI is InChI=1S/C20H27N3O/c1-23-13-14(12-22-23)11-21-20-18-6-4-3-5-17(18)19(20)15-7-9-16(24-2)10-8-15/h7-10,12-13,17-21H,3-6,11H2,1-2H3/t17?,18?,19-,20-/m0/s1. The molecule has 0 spiro atoms. The third-order valence-electron chi connectivity index (χ3n) is 5.99. The third-order valence-corrected chi connectivity index (χ3v) is 5.99. The second kappa shape index (κ2) is 6.60. The highest BCUT2D eigenvalue weighted by Crippen LogP contribution is 2.54. The molecule has 0 aliphatic heterocycles. The summed E-state index contributed by atoms with van der Waals surface area (Å²) in [7, 11) is 3.71. The van der Waals surface area contributed by atoms with Crippen molar-refractivity contribution in [1.29, 1.82) is 0 Å². The van der Waals surface area contributed by atoms with Crippen LogP contribution in [0.3, 0.4) is 0 Å². The minimum Gasteiger partial charge on any atom is -0.497 e. The van der Waals surface area contributed by atoms with Crippen LogP contribution in [0.2, 0.25) is 0 Å². The third kappa shape index (κ3) is 2.84. The van der Waals surface area contributed by atoms with Crippen LogP contribution in [0.5, 0.6) is 5.75 Å². The van der Waals surface area contributed by atoms with Crippen molar-refractivity contribution in [3.05, 3.63) is 47.8 Å². The lowest BCUT2D eigenvalue weighted by atomic mass is 9.53. The molecule has 4 heteroatoms. The second-order valence-electron chi connectivity index (χ2n) is 7.34. The van der Waals surface area contributed by atoms with Crippen LogP contribution < -0.4 is 10.1 Å². The van der Waals surface area contributed by atoms with Crippen LogP contribution in [0, 0.1) is 11.8 Å². The SMILES string of the molecule is COc1ccc([C@H]2C3CCCCC3[C@@H]2NCc2cnn(C)c2)cc1. The van der Waals surface area contributed by atoms with E-state index in [4.69, 9.17) is 4.74 Å². The van der Waals surface area contributed by atoms with E-state index in [0.717, 1.165) is 24.1 Å². The quantitative estimate of drug-likeness (QED) is 0.914. The van der Waals surface area contributed by atoms with Crippen molar-refractivity contribution in [2.45, 2.75) is 44.2 Å². The highest BCUT2D eigenvalue weighted by molar-refractivity contribution is 5.33. The minimum absolute atomic E-state index is 0.587. The Labute approximate surface area is 144 Å². The Morgan fingerprint density at radius 1 is 1.17 bits per heavy atom. The van der Waals surface area contributed by atoms with Gasteiger partial charge in [0.15, 0.2) is 0 Å². The van der Waals surface area contributed by atoms with Gasteiger partial charge in [-0.15, -0.1) is 0 Å². The van der Waals surface area contributed by atoms with Gasteiger partial charge < -0.3 is 10.1 Å². The number of benzene rings is 1. The van der Waals surface area contributed by atoms with Gasteiger partial charge in [-0.05, 0) is 42.4 Å². The van der Waals surface area contributed by atoms with E-state index in [0.29, 0.717) is 12.0 Å². The molecular formula is C20H27N3O. The number of hydrogen-bond donors (Lipinski definition) is 1. The Morgan fingerprint density at radius 2 is 1.92 bits per heavy atom. The van der Waals surface area contributed by atoms with Gasteiger partial charge in [0.2, 0.25) is 0 Å². The molecule has 1 aromatic carbocycles. The maximum atomic E-state index is 5.32. The maximum absolute atomic E-state index is 5.32. The summed E-state index contributed by atoms with van der Waals surface area (Å²) in [6.07, 6.45) is 9.61. The molecule has 1 N–H and O–H groups in total. The van der Waals surface area contributed by atoms with Crippen LogP contribution in [-0.4, -0.2) is 22.9 Å². The fourth-order valence-electron chi connectivity index (χ4n) is 4.82. The topological polar surface area (TPSA) is 39.1 Å². The van der Waals surface area contributed by atoms with E-state index in [9.17, 15) is 0 Å². The van der Waals surface area contributed by atoms with Crippen LogP contribution in [0.15, 0.2) is 36.7 Å². The predicted molar refractivity (Wildman–Crippen MR) is 95.0 cm³/mol. The van der Waals surface area contributed by atoms with Crippen molar-refractivity contribution in [3.63, 3.8) is 0 Å². The summed E-state index contributed by atoms with van der Waals surface area (Å²) < 4.78 is 7.19. The molecule has 1 heterocycles. The molecule has 0 saturated heterocycles. The van der Waals surface area contributed by atoms with Crippen molar-refractivity contribution >= 4 is 0 Å². The molecule has 4 nitrogen and oxygen atoms in total. The largest absolute Gasteiger partial charge is 0.497 e. The normalized spacial score (nSPS) is 28.9.